The molecule has 102 valence electrons. The second kappa shape index (κ2) is 7.77. The number of amides is 1. The van der Waals surface area contributed by atoms with Gasteiger partial charge in [0.05, 0.1) is 0 Å². The van der Waals surface area contributed by atoms with Crippen molar-refractivity contribution >= 4 is 29.7 Å². The fourth-order valence-electron chi connectivity index (χ4n) is 2.42. The van der Waals surface area contributed by atoms with Gasteiger partial charge in [-0.3, -0.25) is 4.79 Å². The Bertz CT molecular complexity index is 356. The van der Waals surface area contributed by atoms with Crippen LogP contribution in [-0.2, 0) is 11.2 Å². The van der Waals surface area contributed by atoms with Gasteiger partial charge in [-0.05, 0) is 37.1 Å². The molecule has 2 N–H and O–H groups in total. The van der Waals surface area contributed by atoms with Crippen molar-refractivity contribution in [2.45, 2.75) is 38.1 Å². The van der Waals surface area contributed by atoms with E-state index in [2.05, 4.69) is 17.5 Å². The largest absolute Gasteiger partial charge is 0.338 e. The second-order valence-corrected chi connectivity index (χ2v) is 5.58. The van der Waals surface area contributed by atoms with Crippen LogP contribution in [0.25, 0.3) is 0 Å². The van der Waals surface area contributed by atoms with Crippen LogP contribution in [0, 0.1) is 0 Å². The first-order valence-electron chi connectivity index (χ1n) is 6.33. The molecule has 2 heterocycles. The van der Waals surface area contributed by atoms with E-state index < -0.39 is 0 Å². The molecular formula is C13H21ClN2OS. The molecule has 3 nitrogen and oxygen atoms in total. The summed E-state index contributed by atoms with van der Waals surface area (Å²) in [4.78, 5) is 15.4. The van der Waals surface area contributed by atoms with E-state index in [0.29, 0.717) is 19.0 Å². The third-order valence-electron chi connectivity index (χ3n) is 3.36. The molecule has 0 aromatic carbocycles. The van der Waals surface area contributed by atoms with Gasteiger partial charge < -0.3 is 10.6 Å². The van der Waals surface area contributed by atoms with Gasteiger partial charge in [0.1, 0.15) is 0 Å². The normalized spacial score (nSPS) is 18.7. The zero-order chi connectivity index (χ0) is 12.1. The highest BCUT2D eigenvalue weighted by molar-refractivity contribution is 7.09. The number of nitrogens with two attached hydrogens (primary N) is 1. The van der Waals surface area contributed by atoms with Crippen molar-refractivity contribution in [2.24, 2.45) is 5.73 Å². The van der Waals surface area contributed by atoms with E-state index in [-0.39, 0.29) is 18.3 Å². The molecule has 0 aliphatic carbocycles. The molecule has 18 heavy (non-hydrogen) atoms. The minimum atomic E-state index is 0. The molecule has 1 aliphatic heterocycles. The van der Waals surface area contributed by atoms with Gasteiger partial charge in [-0.2, -0.15) is 0 Å². The molecule has 1 amide bonds. The molecule has 0 bridgehead atoms. The van der Waals surface area contributed by atoms with E-state index in [4.69, 9.17) is 5.73 Å². The zero-order valence-corrected chi connectivity index (χ0v) is 12.1. The highest BCUT2D eigenvalue weighted by atomic mass is 35.5. The Balaban J connectivity index is 0.00000162. The van der Waals surface area contributed by atoms with Gasteiger partial charge in [0, 0.05) is 30.4 Å². The van der Waals surface area contributed by atoms with Gasteiger partial charge >= 0.3 is 0 Å². The standard InChI is InChI=1S/C13H20N2OS.ClH/c14-10-11-4-2-8-15(11)13(16)7-1-5-12-6-3-9-17-12;/h3,6,9,11H,1-2,4-5,7-8,10,14H2;1H. The number of carbonyl (C=O) groups excluding carboxylic acids is 1. The number of hydrogen-bond acceptors (Lipinski definition) is 3. The Morgan fingerprint density at radius 1 is 1.56 bits per heavy atom. The highest BCUT2D eigenvalue weighted by Gasteiger charge is 2.26. The Morgan fingerprint density at radius 3 is 3.06 bits per heavy atom. The molecule has 2 rings (SSSR count). The number of aryl methyl sites for hydroxylation is 1. The summed E-state index contributed by atoms with van der Waals surface area (Å²) in [5, 5.41) is 2.09. The van der Waals surface area contributed by atoms with E-state index in [0.717, 1.165) is 32.2 Å². The highest BCUT2D eigenvalue weighted by Crippen LogP contribution is 2.18. The minimum absolute atomic E-state index is 0. The van der Waals surface area contributed by atoms with Gasteiger partial charge in [-0.15, -0.1) is 23.7 Å². The topological polar surface area (TPSA) is 46.3 Å². The maximum Gasteiger partial charge on any atom is 0.222 e. The van der Waals surface area contributed by atoms with Crippen LogP contribution in [-0.4, -0.2) is 29.9 Å². The third kappa shape index (κ3) is 3.97. The molecule has 1 unspecified atom stereocenters. The predicted octanol–water partition coefficient (Wildman–Crippen LogP) is 2.44. The smallest absolute Gasteiger partial charge is 0.222 e. The maximum atomic E-state index is 12.0. The fraction of sp³-hybridized carbons (Fsp3) is 0.615. The number of nitrogens with zero attached hydrogens (tertiary/aromatic N) is 1. The average molecular weight is 289 g/mol. The lowest BCUT2D eigenvalue weighted by atomic mass is 10.2. The van der Waals surface area contributed by atoms with Gasteiger partial charge in [-0.25, -0.2) is 0 Å². The molecular weight excluding hydrogens is 268 g/mol. The van der Waals surface area contributed by atoms with Crippen LogP contribution in [0.5, 0.6) is 0 Å². The summed E-state index contributed by atoms with van der Waals surface area (Å²) in [6, 6.07) is 4.49. The molecule has 1 aromatic rings. The SMILES string of the molecule is Cl.NCC1CCCN1C(=O)CCCc1cccs1. The first kappa shape index (κ1) is 15.5. The summed E-state index contributed by atoms with van der Waals surface area (Å²) in [5.74, 6) is 0.287. The summed E-state index contributed by atoms with van der Waals surface area (Å²) in [6.45, 7) is 1.51. The Labute approximate surface area is 119 Å². The lowest BCUT2D eigenvalue weighted by molar-refractivity contribution is -0.131. The zero-order valence-electron chi connectivity index (χ0n) is 10.5. The van der Waals surface area contributed by atoms with E-state index in [1.807, 2.05) is 4.90 Å². The average Bonchev–Trinajstić information content (AvgIpc) is 2.99. The van der Waals surface area contributed by atoms with Crippen molar-refractivity contribution in [2.75, 3.05) is 13.1 Å². The number of rotatable bonds is 5. The summed E-state index contributed by atoms with van der Waals surface area (Å²) in [6.07, 6.45) is 4.82. The molecule has 0 radical (unpaired) electrons. The van der Waals surface area contributed by atoms with Gasteiger partial charge in [0.15, 0.2) is 0 Å². The molecule has 5 heteroatoms. The van der Waals surface area contributed by atoms with Crippen LogP contribution < -0.4 is 5.73 Å². The molecule has 1 aromatic heterocycles. The predicted molar refractivity (Wildman–Crippen MR) is 78.3 cm³/mol. The van der Waals surface area contributed by atoms with Crippen molar-refractivity contribution < 1.29 is 4.79 Å². The molecule has 1 atom stereocenters. The van der Waals surface area contributed by atoms with Crippen LogP contribution in [0.1, 0.15) is 30.6 Å². The fourth-order valence-corrected chi connectivity index (χ4v) is 3.17. The summed E-state index contributed by atoms with van der Waals surface area (Å²) < 4.78 is 0. The monoisotopic (exact) mass is 288 g/mol. The molecule has 0 spiro atoms. The summed E-state index contributed by atoms with van der Waals surface area (Å²) in [5.41, 5.74) is 5.68. The molecule has 1 fully saturated rings. The van der Waals surface area contributed by atoms with Crippen molar-refractivity contribution in [3.8, 4) is 0 Å². The number of halogens is 1. The Kier molecular flexibility index (Phi) is 6.68. The number of carbonyl (C=O) groups is 1. The van der Waals surface area contributed by atoms with Crippen molar-refractivity contribution in [1.29, 1.82) is 0 Å². The quantitative estimate of drug-likeness (QED) is 0.905. The molecule has 1 saturated heterocycles. The lowest BCUT2D eigenvalue weighted by Gasteiger charge is -2.23. The van der Waals surface area contributed by atoms with Crippen LogP contribution in [0.15, 0.2) is 17.5 Å². The van der Waals surface area contributed by atoms with Gasteiger partial charge in [0.25, 0.3) is 0 Å². The summed E-state index contributed by atoms with van der Waals surface area (Å²) >= 11 is 1.77. The summed E-state index contributed by atoms with van der Waals surface area (Å²) in [7, 11) is 0. The maximum absolute atomic E-state index is 12.0. The van der Waals surface area contributed by atoms with Crippen molar-refractivity contribution in [1.82, 2.24) is 4.90 Å². The number of likely N-dealkylation sites (tertiary alicyclic amines) is 1. The van der Waals surface area contributed by atoms with E-state index in [1.54, 1.807) is 11.3 Å². The molecule has 0 saturated carbocycles. The van der Waals surface area contributed by atoms with E-state index >= 15 is 0 Å². The second-order valence-electron chi connectivity index (χ2n) is 4.55. The van der Waals surface area contributed by atoms with Crippen molar-refractivity contribution in [3.05, 3.63) is 22.4 Å². The van der Waals surface area contributed by atoms with Crippen LogP contribution in [0.3, 0.4) is 0 Å². The van der Waals surface area contributed by atoms with E-state index in [9.17, 15) is 4.79 Å². The lowest BCUT2D eigenvalue weighted by Crippen LogP contribution is -2.39. The van der Waals surface area contributed by atoms with Crippen LogP contribution >= 0.6 is 23.7 Å². The Morgan fingerprint density at radius 2 is 2.39 bits per heavy atom. The third-order valence-corrected chi connectivity index (χ3v) is 4.30. The van der Waals surface area contributed by atoms with Crippen LogP contribution in [0.4, 0.5) is 0 Å². The molecule has 1 aliphatic rings. The Hall–Kier alpha value is -0.580. The van der Waals surface area contributed by atoms with E-state index in [1.165, 1.54) is 4.88 Å². The minimum Gasteiger partial charge on any atom is -0.338 e. The first-order valence-corrected chi connectivity index (χ1v) is 7.21. The van der Waals surface area contributed by atoms with Crippen molar-refractivity contribution in [3.63, 3.8) is 0 Å². The van der Waals surface area contributed by atoms with Gasteiger partial charge in [0.2, 0.25) is 5.91 Å². The number of thiophene rings is 1. The van der Waals surface area contributed by atoms with Crippen LogP contribution in [0.2, 0.25) is 0 Å². The van der Waals surface area contributed by atoms with Gasteiger partial charge in [-0.1, -0.05) is 6.07 Å². The number of hydrogen-bond donors (Lipinski definition) is 1. The first-order chi connectivity index (χ1) is 8.31.